The van der Waals surface area contributed by atoms with E-state index in [1.54, 1.807) is 23.2 Å². The molecule has 1 unspecified atom stereocenters. The number of halogens is 1. The van der Waals surface area contributed by atoms with Crippen LogP contribution in [0.5, 0.6) is 0 Å². The summed E-state index contributed by atoms with van der Waals surface area (Å²) in [5, 5.41) is 0.711. The van der Waals surface area contributed by atoms with Crippen LogP contribution in [0.1, 0.15) is 53.1 Å². The van der Waals surface area contributed by atoms with Gasteiger partial charge in [-0.3, -0.25) is 4.79 Å². The molecule has 1 aliphatic rings. The second kappa shape index (κ2) is 7.56. The van der Waals surface area contributed by atoms with E-state index in [1.165, 1.54) is 0 Å². The van der Waals surface area contributed by atoms with Gasteiger partial charge in [0.1, 0.15) is 11.8 Å². The fourth-order valence-corrected chi connectivity index (χ4v) is 3.62. The molecule has 1 saturated heterocycles. The molecule has 140 valence electrons. The molecule has 3 aromatic rings. The Kier molecular flexibility index (Phi) is 4.99. The van der Waals surface area contributed by atoms with Gasteiger partial charge < -0.3 is 13.9 Å². The highest BCUT2D eigenvalue weighted by atomic mass is 35.5. The van der Waals surface area contributed by atoms with Crippen LogP contribution in [0.15, 0.2) is 47.3 Å². The van der Waals surface area contributed by atoms with Crippen molar-refractivity contribution in [2.45, 2.75) is 31.7 Å². The molecule has 1 fully saturated rings. The van der Waals surface area contributed by atoms with Gasteiger partial charge in [-0.1, -0.05) is 23.7 Å². The fraction of sp³-hybridized carbons (Fsp3) is 0.350. The summed E-state index contributed by atoms with van der Waals surface area (Å²) in [4.78, 5) is 23.5. The largest absolute Gasteiger partial charge is 0.443 e. The maximum absolute atomic E-state index is 13.0. The summed E-state index contributed by atoms with van der Waals surface area (Å²) in [6.07, 6.45) is 8.68. The van der Waals surface area contributed by atoms with Crippen molar-refractivity contribution in [1.82, 2.24) is 19.4 Å². The van der Waals surface area contributed by atoms with E-state index in [0.29, 0.717) is 29.7 Å². The van der Waals surface area contributed by atoms with Crippen molar-refractivity contribution >= 4 is 17.5 Å². The van der Waals surface area contributed by atoms with Gasteiger partial charge in [0, 0.05) is 37.4 Å². The molecule has 27 heavy (non-hydrogen) atoms. The van der Waals surface area contributed by atoms with Crippen molar-refractivity contribution in [2.75, 3.05) is 6.54 Å². The van der Waals surface area contributed by atoms with Gasteiger partial charge in [0.05, 0.1) is 6.20 Å². The molecule has 7 heteroatoms. The van der Waals surface area contributed by atoms with Crippen LogP contribution in [-0.2, 0) is 13.5 Å². The molecule has 0 radical (unpaired) electrons. The minimum Gasteiger partial charge on any atom is -0.443 e. The molecule has 6 nitrogen and oxygen atoms in total. The van der Waals surface area contributed by atoms with Gasteiger partial charge in [-0.15, -0.1) is 0 Å². The standard InChI is InChI=1S/C20H21ClN4O2/c1-24-11-9-22-18(24)20(26)25-10-3-2-4-17(25)19-23-13-16(27-19)12-14-5-7-15(21)8-6-14/h5-9,11,13,17H,2-4,10,12H2,1H3. The maximum atomic E-state index is 13.0. The molecule has 0 aliphatic carbocycles. The average molecular weight is 385 g/mol. The van der Waals surface area contributed by atoms with Crippen LogP contribution in [-0.4, -0.2) is 31.9 Å². The summed E-state index contributed by atoms with van der Waals surface area (Å²) in [6, 6.07) is 7.52. The Morgan fingerprint density at radius 1 is 1.26 bits per heavy atom. The van der Waals surface area contributed by atoms with Gasteiger partial charge in [-0.2, -0.15) is 0 Å². The lowest BCUT2D eigenvalue weighted by atomic mass is 10.0. The fourth-order valence-electron chi connectivity index (χ4n) is 3.49. The van der Waals surface area contributed by atoms with Crippen molar-refractivity contribution < 1.29 is 9.21 Å². The molecule has 0 bridgehead atoms. The van der Waals surface area contributed by atoms with E-state index in [1.807, 2.05) is 36.2 Å². The lowest BCUT2D eigenvalue weighted by Gasteiger charge is -2.33. The molecule has 2 aromatic heterocycles. The first-order valence-corrected chi connectivity index (χ1v) is 9.47. The number of carbonyl (C=O) groups excluding carboxylic acids is 1. The van der Waals surface area contributed by atoms with E-state index in [2.05, 4.69) is 9.97 Å². The number of carbonyl (C=O) groups is 1. The Morgan fingerprint density at radius 3 is 2.81 bits per heavy atom. The Labute approximate surface area is 162 Å². The predicted octanol–water partition coefficient (Wildman–Crippen LogP) is 4.02. The highest BCUT2D eigenvalue weighted by molar-refractivity contribution is 6.30. The third-order valence-corrected chi connectivity index (χ3v) is 5.18. The molecular weight excluding hydrogens is 364 g/mol. The van der Waals surface area contributed by atoms with E-state index in [9.17, 15) is 4.79 Å². The van der Waals surface area contributed by atoms with Gasteiger partial charge in [0.25, 0.3) is 5.91 Å². The van der Waals surface area contributed by atoms with Crippen molar-refractivity contribution in [1.29, 1.82) is 0 Å². The Bertz CT molecular complexity index is 932. The minimum absolute atomic E-state index is 0.0790. The quantitative estimate of drug-likeness (QED) is 0.681. The Morgan fingerprint density at radius 2 is 2.07 bits per heavy atom. The van der Waals surface area contributed by atoms with Crippen molar-refractivity contribution in [2.24, 2.45) is 7.05 Å². The third kappa shape index (κ3) is 3.76. The SMILES string of the molecule is Cn1ccnc1C(=O)N1CCCCC1c1ncc(Cc2ccc(Cl)cc2)o1. The summed E-state index contributed by atoms with van der Waals surface area (Å²) < 4.78 is 7.77. The van der Waals surface area contributed by atoms with Crippen LogP contribution in [0.4, 0.5) is 0 Å². The number of likely N-dealkylation sites (tertiary alicyclic amines) is 1. The summed E-state index contributed by atoms with van der Waals surface area (Å²) in [7, 11) is 1.83. The van der Waals surface area contributed by atoms with Crippen LogP contribution < -0.4 is 0 Å². The molecule has 4 rings (SSSR count). The summed E-state index contributed by atoms with van der Waals surface area (Å²) in [5.74, 6) is 1.74. The molecule has 0 saturated carbocycles. The second-order valence-corrected chi connectivity index (χ2v) is 7.28. The van der Waals surface area contributed by atoms with Gasteiger partial charge in [0.15, 0.2) is 5.82 Å². The molecule has 1 amide bonds. The van der Waals surface area contributed by atoms with E-state index in [-0.39, 0.29) is 11.9 Å². The number of nitrogens with zero attached hydrogens (tertiary/aromatic N) is 4. The lowest BCUT2D eigenvalue weighted by Crippen LogP contribution is -2.39. The van der Waals surface area contributed by atoms with Crippen LogP contribution in [0.2, 0.25) is 5.02 Å². The smallest absolute Gasteiger partial charge is 0.290 e. The van der Waals surface area contributed by atoms with Crippen molar-refractivity contribution in [3.63, 3.8) is 0 Å². The van der Waals surface area contributed by atoms with Crippen LogP contribution >= 0.6 is 11.6 Å². The summed E-state index contributed by atoms with van der Waals surface area (Å²) in [5.41, 5.74) is 1.10. The number of imidazole rings is 1. The van der Waals surface area contributed by atoms with E-state index in [4.69, 9.17) is 16.0 Å². The van der Waals surface area contributed by atoms with Crippen molar-refractivity contribution in [3.8, 4) is 0 Å². The zero-order chi connectivity index (χ0) is 18.8. The number of hydrogen-bond acceptors (Lipinski definition) is 4. The van der Waals surface area contributed by atoms with Crippen molar-refractivity contribution in [3.05, 3.63) is 70.9 Å². The van der Waals surface area contributed by atoms with Gasteiger partial charge in [-0.25, -0.2) is 9.97 Å². The maximum Gasteiger partial charge on any atom is 0.290 e. The number of piperidine rings is 1. The average Bonchev–Trinajstić information content (AvgIpc) is 3.32. The molecule has 1 aliphatic heterocycles. The first-order chi connectivity index (χ1) is 13.1. The number of oxazole rings is 1. The van der Waals surface area contributed by atoms with E-state index in [0.717, 1.165) is 30.6 Å². The van der Waals surface area contributed by atoms with Gasteiger partial charge in [-0.05, 0) is 37.0 Å². The molecule has 1 aromatic carbocycles. The van der Waals surface area contributed by atoms with Gasteiger partial charge in [0.2, 0.25) is 5.89 Å². The molecule has 0 spiro atoms. The third-order valence-electron chi connectivity index (χ3n) is 4.92. The Hall–Kier alpha value is -2.60. The first-order valence-electron chi connectivity index (χ1n) is 9.09. The van der Waals surface area contributed by atoms with Crippen LogP contribution in [0.3, 0.4) is 0 Å². The number of rotatable bonds is 4. The highest BCUT2D eigenvalue weighted by Crippen LogP contribution is 2.32. The van der Waals surface area contributed by atoms with Gasteiger partial charge >= 0.3 is 0 Å². The number of hydrogen-bond donors (Lipinski definition) is 0. The normalized spacial score (nSPS) is 17.3. The van der Waals surface area contributed by atoms with E-state index >= 15 is 0 Å². The summed E-state index contributed by atoms with van der Waals surface area (Å²) in [6.45, 7) is 0.686. The molecule has 1 atom stereocenters. The zero-order valence-corrected chi connectivity index (χ0v) is 15.9. The number of amides is 1. The lowest BCUT2D eigenvalue weighted by molar-refractivity contribution is 0.0554. The number of benzene rings is 1. The minimum atomic E-state index is -0.151. The zero-order valence-electron chi connectivity index (χ0n) is 15.1. The van der Waals surface area contributed by atoms with Crippen LogP contribution in [0.25, 0.3) is 0 Å². The number of aryl methyl sites for hydroxylation is 1. The number of aromatic nitrogens is 3. The second-order valence-electron chi connectivity index (χ2n) is 6.84. The monoisotopic (exact) mass is 384 g/mol. The Balaban J connectivity index is 1.54. The highest BCUT2D eigenvalue weighted by Gasteiger charge is 2.33. The van der Waals surface area contributed by atoms with E-state index < -0.39 is 0 Å². The summed E-state index contributed by atoms with van der Waals surface area (Å²) >= 11 is 5.94. The predicted molar refractivity (Wildman–Crippen MR) is 102 cm³/mol. The molecule has 3 heterocycles. The van der Waals surface area contributed by atoms with Crippen LogP contribution in [0, 0.1) is 0 Å². The topological polar surface area (TPSA) is 64.2 Å². The molecular formula is C20H21ClN4O2. The first kappa shape index (κ1) is 17.8. The molecule has 0 N–H and O–H groups in total.